The third-order valence-electron chi connectivity index (χ3n) is 8.09. The van der Waals surface area contributed by atoms with Gasteiger partial charge in [-0.2, -0.15) is 0 Å². The van der Waals surface area contributed by atoms with E-state index in [2.05, 4.69) is 21.7 Å². The van der Waals surface area contributed by atoms with Gasteiger partial charge in [-0.15, -0.1) is 0 Å². The van der Waals surface area contributed by atoms with Crippen LogP contribution in [0, 0.1) is 11.2 Å². The number of rotatable bonds is 5. The number of halogens is 1. The summed E-state index contributed by atoms with van der Waals surface area (Å²) < 4.78 is 13.6. The van der Waals surface area contributed by atoms with E-state index in [1.54, 1.807) is 24.5 Å². The lowest BCUT2D eigenvalue weighted by Crippen LogP contribution is -2.50. The summed E-state index contributed by atoms with van der Waals surface area (Å²) >= 11 is 0. The van der Waals surface area contributed by atoms with Crippen molar-refractivity contribution >= 4 is 5.91 Å². The van der Waals surface area contributed by atoms with Gasteiger partial charge in [0.2, 0.25) is 5.91 Å². The maximum Gasteiger partial charge on any atom is 0.229 e. The molecule has 33 heavy (non-hydrogen) atoms. The quantitative estimate of drug-likeness (QED) is 0.649. The van der Waals surface area contributed by atoms with Crippen LogP contribution in [0.4, 0.5) is 4.39 Å². The molecule has 6 heteroatoms. The first-order valence-electron chi connectivity index (χ1n) is 12.6. The van der Waals surface area contributed by atoms with Gasteiger partial charge in [0.15, 0.2) is 0 Å². The van der Waals surface area contributed by atoms with Crippen molar-refractivity contribution in [2.75, 3.05) is 19.6 Å². The number of hydrogen-bond donors (Lipinski definition) is 0. The van der Waals surface area contributed by atoms with Gasteiger partial charge in [0.25, 0.3) is 0 Å². The van der Waals surface area contributed by atoms with Crippen molar-refractivity contribution in [2.45, 2.75) is 76.8 Å². The first-order chi connectivity index (χ1) is 16.0. The summed E-state index contributed by atoms with van der Waals surface area (Å²) in [6, 6.07) is 7.34. The van der Waals surface area contributed by atoms with Crippen molar-refractivity contribution in [1.29, 1.82) is 0 Å². The summed E-state index contributed by atoms with van der Waals surface area (Å²) in [5.41, 5.74) is 2.27. The second kappa shape index (κ2) is 9.49. The summed E-state index contributed by atoms with van der Waals surface area (Å²) in [5, 5.41) is 0. The monoisotopic (exact) mass is 450 g/mol. The number of carbonyl (C=O) groups excluding carboxylic acids is 1. The topological polar surface area (TPSA) is 49.3 Å². The predicted molar refractivity (Wildman–Crippen MR) is 126 cm³/mol. The molecule has 5 nitrogen and oxygen atoms in total. The molecule has 2 saturated heterocycles. The molecule has 1 amide bonds. The van der Waals surface area contributed by atoms with Crippen LogP contribution in [0.25, 0.3) is 0 Å². The highest BCUT2D eigenvalue weighted by Gasteiger charge is 2.44. The van der Waals surface area contributed by atoms with Gasteiger partial charge in [-0.3, -0.25) is 14.8 Å². The van der Waals surface area contributed by atoms with Crippen LogP contribution >= 0.6 is 0 Å². The standard InChI is InChI=1S/C27H35FN4O/c1-27(11-14-31(15-12-27)23-8-2-3-9-23)26(33)32-13-5-10-25(32)24-19-29-18-22(30-24)17-20-6-4-7-21(28)16-20/h4,6-7,16,18-19,23,25H,2-3,5,8-15,17H2,1H3. The third-order valence-corrected chi connectivity index (χ3v) is 8.09. The molecule has 2 aromatic rings. The predicted octanol–water partition coefficient (Wildman–Crippen LogP) is 4.91. The fraction of sp³-hybridized carbons (Fsp3) is 0.593. The minimum absolute atomic E-state index is 0.0119. The van der Waals surface area contributed by atoms with Gasteiger partial charge in [-0.25, -0.2) is 4.39 Å². The Kier molecular flexibility index (Phi) is 6.46. The lowest BCUT2D eigenvalue weighted by atomic mass is 9.78. The molecule has 0 radical (unpaired) electrons. The Labute approximate surface area is 196 Å². The van der Waals surface area contributed by atoms with E-state index in [4.69, 9.17) is 4.98 Å². The first kappa shape index (κ1) is 22.5. The molecule has 1 aromatic carbocycles. The van der Waals surface area contributed by atoms with Gasteiger partial charge >= 0.3 is 0 Å². The number of nitrogens with zero attached hydrogens (tertiary/aromatic N) is 4. The van der Waals surface area contributed by atoms with E-state index >= 15 is 0 Å². The van der Waals surface area contributed by atoms with Gasteiger partial charge in [-0.05, 0) is 69.3 Å². The van der Waals surface area contributed by atoms with Crippen LogP contribution in [-0.4, -0.2) is 51.4 Å². The number of benzene rings is 1. The third kappa shape index (κ3) is 4.81. The number of hydrogen-bond acceptors (Lipinski definition) is 4. The molecule has 3 fully saturated rings. The zero-order chi connectivity index (χ0) is 22.8. The largest absolute Gasteiger partial charge is 0.334 e. The molecule has 5 rings (SSSR count). The van der Waals surface area contributed by atoms with E-state index < -0.39 is 0 Å². The van der Waals surface area contributed by atoms with Crippen molar-refractivity contribution < 1.29 is 9.18 Å². The maximum atomic E-state index is 13.8. The van der Waals surface area contributed by atoms with Crippen molar-refractivity contribution in [3.8, 4) is 0 Å². The minimum Gasteiger partial charge on any atom is -0.334 e. The number of aromatic nitrogens is 2. The second-order valence-electron chi connectivity index (χ2n) is 10.4. The molecule has 176 valence electrons. The SMILES string of the molecule is CC1(C(=O)N2CCCC2c2cncc(Cc3cccc(F)c3)n2)CCN(C2CCCC2)CC1. The highest BCUT2D eigenvalue weighted by atomic mass is 19.1. The average molecular weight is 451 g/mol. The van der Waals surface area contributed by atoms with Gasteiger partial charge < -0.3 is 9.80 Å². The smallest absolute Gasteiger partial charge is 0.229 e. The molecule has 1 atom stereocenters. The molecule has 1 unspecified atom stereocenters. The number of piperidine rings is 1. The first-order valence-corrected chi connectivity index (χ1v) is 12.6. The van der Waals surface area contributed by atoms with E-state index in [0.29, 0.717) is 6.42 Å². The molecule has 3 aliphatic rings. The summed E-state index contributed by atoms with van der Waals surface area (Å²) in [7, 11) is 0. The zero-order valence-electron chi connectivity index (χ0n) is 19.7. The summed E-state index contributed by atoms with van der Waals surface area (Å²) in [6.45, 7) is 5.03. The van der Waals surface area contributed by atoms with Crippen molar-refractivity contribution in [3.63, 3.8) is 0 Å². The fourth-order valence-electron chi connectivity index (χ4n) is 6.05. The van der Waals surface area contributed by atoms with E-state index in [9.17, 15) is 9.18 Å². The molecule has 0 N–H and O–H groups in total. The number of likely N-dealkylation sites (tertiary alicyclic amines) is 2. The van der Waals surface area contributed by atoms with E-state index in [-0.39, 0.29) is 23.2 Å². The highest BCUT2D eigenvalue weighted by Crippen LogP contribution is 2.40. The lowest BCUT2D eigenvalue weighted by molar-refractivity contribution is -0.145. The van der Waals surface area contributed by atoms with Gasteiger partial charge in [0, 0.05) is 30.6 Å². The Balaban J connectivity index is 1.27. The lowest BCUT2D eigenvalue weighted by Gasteiger charge is -2.43. The molecule has 1 aliphatic carbocycles. The Morgan fingerprint density at radius 2 is 1.88 bits per heavy atom. The maximum absolute atomic E-state index is 13.8. The molecule has 0 bridgehead atoms. The Bertz CT molecular complexity index is 982. The fourth-order valence-corrected chi connectivity index (χ4v) is 6.05. The van der Waals surface area contributed by atoms with Crippen molar-refractivity contribution in [3.05, 3.63) is 59.4 Å². The Morgan fingerprint density at radius 1 is 1.09 bits per heavy atom. The molecule has 2 aliphatic heterocycles. The van der Waals surface area contributed by atoms with E-state index in [1.165, 1.54) is 31.7 Å². The number of carbonyl (C=O) groups is 1. The molecule has 1 aromatic heterocycles. The van der Waals surface area contributed by atoms with Crippen LogP contribution in [0.15, 0.2) is 36.7 Å². The van der Waals surface area contributed by atoms with Gasteiger partial charge in [0.1, 0.15) is 5.82 Å². The number of amides is 1. The molecule has 1 saturated carbocycles. The van der Waals surface area contributed by atoms with Crippen molar-refractivity contribution in [2.24, 2.45) is 5.41 Å². The van der Waals surface area contributed by atoms with Crippen LogP contribution in [-0.2, 0) is 11.2 Å². The molecular weight excluding hydrogens is 415 g/mol. The summed E-state index contributed by atoms with van der Waals surface area (Å²) in [4.78, 5) is 27.7. The second-order valence-corrected chi connectivity index (χ2v) is 10.4. The average Bonchev–Trinajstić information content (AvgIpc) is 3.52. The zero-order valence-corrected chi connectivity index (χ0v) is 19.7. The van der Waals surface area contributed by atoms with Crippen LogP contribution in [0.1, 0.15) is 81.3 Å². The molecular formula is C27H35FN4O. The normalized spacial score (nSPS) is 23.8. The molecule has 3 heterocycles. The van der Waals surface area contributed by atoms with Gasteiger partial charge in [0.05, 0.1) is 23.6 Å². The van der Waals surface area contributed by atoms with E-state index in [1.807, 2.05) is 6.07 Å². The molecule has 0 spiro atoms. The Morgan fingerprint density at radius 3 is 2.64 bits per heavy atom. The van der Waals surface area contributed by atoms with Crippen LogP contribution in [0.5, 0.6) is 0 Å². The van der Waals surface area contributed by atoms with Crippen LogP contribution in [0.2, 0.25) is 0 Å². The highest BCUT2D eigenvalue weighted by molar-refractivity contribution is 5.83. The van der Waals surface area contributed by atoms with Crippen molar-refractivity contribution in [1.82, 2.24) is 19.8 Å². The van der Waals surface area contributed by atoms with Crippen LogP contribution in [0.3, 0.4) is 0 Å². The minimum atomic E-state index is -0.287. The van der Waals surface area contributed by atoms with E-state index in [0.717, 1.165) is 68.3 Å². The van der Waals surface area contributed by atoms with Crippen LogP contribution < -0.4 is 0 Å². The summed E-state index contributed by atoms with van der Waals surface area (Å²) in [5.74, 6) is 0.0461. The summed E-state index contributed by atoms with van der Waals surface area (Å²) in [6.07, 6.45) is 13.2. The van der Waals surface area contributed by atoms with Gasteiger partial charge in [-0.1, -0.05) is 31.9 Å². The Hall–Kier alpha value is -2.34.